The lowest BCUT2D eigenvalue weighted by molar-refractivity contribution is 0.102. The van der Waals surface area contributed by atoms with Gasteiger partial charge in [0.25, 0.3) is 0 Å². The number of hydrogen-bond acceptors (Lipinski definition) is 2. The number of benzene rings is 2. The van der Waals surface area contributed by atoms with E-state index in [1.807, 2.05) is 36.4 Å². The van der Waals surface area contributed by atoms with Crippen LogP contribution in [0.3, 0.4) is 0 Å². The summed E-state index contributed by atoms with van der Waals surface area (Å²) in [6.07, 6.45) is 1.92. The van der Waals surface area contributed by atoms with Crippen molar-refractivity contribution in [2.24, 2.45) is 0 Å². The predicted molar refractivity (Wildman–Crippen MR) is 93.8 cm³/mol. The third-order valence-corrected chi connectivity index (χ3v) is 5.87. The molecule has 2 aromatic carbocycles. The molecule has 2 atom stereocenters. The van der Waals surface area contributed by atoms with E-state index >= 15 is 0 Å². The summed E-state index contributed by atoms with van der Waals surface area (Å²) >= 11 is 6.04. The summed E-state index contributed by atoms with van der Waals surface area (Å²) in [6.45, 7) is 0. The molecule has 1 N–H and O–H groups in total. The van der Waals surface area contributed by atoms with Crippen LogP contribution in [0.5, 0.6) is 0 Å². The lowest BCUT2D eigenvalue weighted by Gasteiger charge is -2.16. The summed E-state index contributed by atoms with van der Waals surface area (Å²) in [5.41, 5.74) is 0.992. The molecule has 0 saturated heterocycles. The molecule has 4 heteroatoms. The highest BCUT2D eigenvalue weighted by Crippen LogP contribution is 2.36. The molecular weight excluding hydrogens is 328 g/mol. The number of fused-ring (bicyclic) bond motifs is 1. The van der Waals surface area contributed by atoms with Crippen LogP contribution >= 0.6 is 11.6 Å². The first-order valence-corrected chi connectivity index (χ1v) is 9.23. The van der Waals surface area contributed by atoms with Crippen LogP contribution in [-0.4, -0.2) is 15.1 Å². The van der Waals surface area contributed by atoms with Gasteiger partial charge in [0.1, 0.15) is 0 Å². The Hall–Kier alpha value is -1.60. The van der Waals surface area contributed by atoms with Crippen molar-refractivity contribution >= 4 is 22.4 Å². The molecule has 0 radical (unpaired) electrons. The summed E-state index contributed by atoms with van der Waals surface area (Å²) in [5.74, 6) is 6.38. The number of halogens is 1. The molecule has 1 aliphatic carbocycles. The number of aryl methyl sites for hydroxylation is 1. The summed E-state index contributed by atoms with van der Waals surface area (Å²) < 4.78 is 12.2. The minimum absolute atomic E-state index is 0.411. The molecule has 0 fully saturated rings. The van der Waals surface area contributed by atoms with Crippen LogP contribution in [-0.2, 0) is 22.8 Å². The van der Waals surface area contributed by atoms with Gasteiger partial charge in [-0.05, 0) is 36.1 Å². The van der Waals surface area contributed by atoms with Crippen molar-refractivity contribution in [3.05, 3.63) is 64.7 Å². The molecule has 2 aromatic rings. The van der Waals surface area contributed by atoms with E-state index in [9.17, 15) is 9.32 Å². The minimum Gasteiger partial charge on any atom is -0.373 e. The third kappa shape index (κ3) is 3.50. The molecular formula is C19H17ClO2S. The van der Waals surface area contributed by atoms with Crippen LogP contribution in [0.1, 0.15) is 24.0 Å². The summed E-state index contributed by atoms with van der Waals surface area (Å²) in [5, 5.41) is 11.2. The predicted octanol–water partition coefficient (Wildman–Crippen LogP) is 3.68. The third-order valence-electron chi connectivity index (χ3n) is 4.01. The Balaban J connectivity index is 1.66. The maximum absolute atomic E-state index is 12.2. The zero-order valence-electron chi connectivity index (χ0n) is 12.6. The SMILES string of the molecule is O=S(CCC#CC1(O)CCc2ccccc21)c1ccccc1Cl. The Bertz CT molecular complexity index is 806. The molecule has 1 aliphatic rings. The molecule has 2 nitrogen and oxygen atoms in total. The van der Waals surface area contributed by atoms with Gasteiger partial charge < -0.3 is 5.11 Å². The van der Waals surface area contributed by atoms with E-state index in [2.05, 4.69) is 11.8 Å². The number of hydrogen-bond donors (Lipinski definition) is 1. The Morgan fingerprint density at radius 3 is 2.74 bits per heavy atom. The van der Waals surface area contributed by atoms with Crippen molar-refractivity contribution in [2.45, 2.75) is 29.8 Å². The van der Waals surface area contributed by atoms with Crippen LogP contribution in [0.2, 0.25) is 5.02 Å². The summed E-state index contributed by atoms with van der Waals surface area (Å²) in [4.78, 5) is 0.640. The average molecular weight is 345 g/mol. The molecule has 0 aliphatic heterocycles. The normalized spacial score (nSPS) is 20.4. The van der Waals surface area contributed by atoms with E-state index in [0.29, 0.717) is 28.5 Å². The second-order valence-electron chi connectivity index (χ2n) is 5.55. The lowest BCUT2D eigenvalue weighted by atomic mass is 9.97. The smallest absolute Gasteiger partial charge is 0.151 e. The van der Waals surface area contributed by atoms with Gasteiger partial charge in [-0.3, -0.25) is 4.21 Å². The van der Waals surface area contributed by atoms with Gasteiger partial charge >= 0.3 is 0 Å². The van der Waals surface area contributed by atoms with Gasteiger partial charge in [-0.1, -0.05) is 59.8 Å². The fourth-order valence-electron chi connectivity index (χ4n) is 2.81. The van der Waals surface area contributed by atoms with Gasteiger partial charge in [0.05, 0.1) is 20.7 Å². The molecule has 0 amide bonds. The van der Waals surface area contributed by atoms with Gasteiger partial charge in [0, 0.05) is 12.2 Å². The van der Waals surface area contributed by atoms with E-state index in [1.165, 1.54) is 0 Å². The Labute approximate surface area is 144 Å². The van der Waals surface area contributed by atoms with Crippen LogP contribution in [0.4, 0.5) is 0 Å². The first kappa shape index (κ1) is 16.3. The largest absolute Gasteiger partial charge is 0.373 e. The van der Waals surface area contributed by atoms with E-state index in [0.717, 1.165) is 17.5 Å². The van der Waals surface area contributed by atoms with E-state index in [-0.39, 0.29) is 0 Å². The highest BCUT2D eigenvalue weighted by molar-refractivity contribution is 7.85. The molecule has 23 heavy (non-hydrogen) atoms. The van der Waals surface area contributed by atoms with E-state index < -0.39 is 16.4 Å². The van der Waals surface area contributed by atoms with Gasteiger partial charge in [-0.25, -0.2) is 0 Å². The maximum atomic E-state index is 12.2. The van der Waals surface area contributed by atoms with Crippen LogP contribution < -0.4 is 0 Å². The first-order valence-electron chi connectivity index (χ1n) is 7.54. The lowest BCUT2D eigenvalue weighted by Crippen LogP contribution is -2.19. The van der Waals surface area contributed by atoms with Crippen molar-refractivity contribution in [3.63, 3.8) is 0 Å². The monoisotopic (exact) mass is 344 g/mol. The first-order chi connectivity index (χ1) is 11.1. The molecule has 2 unspecified atom stereocenters. The maximum Gasteiger partial charge on any atom is 0.151 e. The zero-order chi connectivity index (χ0) is 16.3. The van der Waals surface area contributed by atoms with Gasteiger partial charge in [-0.15, -0.1) is 0 Å². The van der Waals surface area contributed by atoms with Crippen LogP contribution in [0.25, 0.3) is 0 Å². The van der Waals surface area contributed by atoms with Crippen molar-refractivity contribution in [1.82, 2.24) is 0 Å². The fourth-order valence-corrected chi connectivity index (χ4v) is 4.23. The Kier molecular flexibility index (Phi) is 4.87. The fraction of sp³-hybridized carbons (Fsp3) is 0.263. The summed E-state index contributed by atoms with van der Waals surface area (Å²) in [7, 11) is -1.17. The molecule has 0 bridgehead atoms. The zero-order valence-corrected chi connectivity index (χ0v) is 14.2. The average Bonchev–Trinajstić information content (AvgIpc) is 2.90. The number of aliphatic hydroxyl groups is 1. The quantitative estimate of drug-likeness (QED) is 0.862. The number of rotatable bonds is 3. The highest BCUT2D eigenvalue weighted by Gasteiger charge is 2.34. The van der Waals surface area contributed by atoms with Crippen LogP contribution in [0.15, 0.2) is 53.4 Å². The topological polar surface area (TPSA) is 37.3 Å². The van der Waals surface area contributed by atoms with E-state index in [1.54, 1.807) is 12.1 Å². The Morgan fingerprint density at radius 2 is 1.91 bits per heavy atom. The van der Waals surface area contributed by atoms with Gasteiger partial charge in [0.2, 0.25) is 0 Å². The molecule has 0 aromatic heterocycles. The van der Waals surface area contributed by atoms with Gasteiger partial charge in [0.15, 0.2) is 5.60 Å². The van der Waals surface area contributed by atoms with Crippen molar-refractivity contribution in [2.75, 3.05) is 5.75 Å². The second-order valence-corrected chi connectivity index (χ2v) is 7.50. The molecule has 0 saturated carbocycles. The second kappa shape index (κ2) is 6.88. The molecule has 0 spiro atoms. The van der Waals surface area contributed by atoms with E-state index in [4.69, 9.17) is 11.6 Å². The molecule has 0 heterocycles. The summed E-state index contributed by atoms with van der Waals surface area (Å²) in [6, 6.07) is 15.0. The van der Waals surface area contributed by atoms with Crippen molar-refractivity contribution in [3.8, 4) is 11.8 Å². The standard InChI is InChI=1S/C19H17ClO2S/c20-17-9-3-4-10-18(17)23(22)14-6-5-12-19(21)13-11-15-7-1-2-8-16(15)19/h1-4,7-10,21H,6,11,13-14H2. The van der Waals surface area contributed by atoms with Gasteiger partial charge in [-0.2, -0.15) is 0 Å². The Morgan fingerprint density at radius 1 is 1.17 bits per heavy atom. The minimum atomic E-state index is -1.17. The molecule has 3 rings (SSSR count). The molecule has 118 valence electrons. The van der Waals surface area contributed by atoms with Crippen molar-refractivity contribution < 1.29 is 9.32 Å². The van der Waals surface area contributed by atoms with Crippen molar-refractivity contribution in [1.29, 1.82) is 0 Å². The van der Waals surface area contributed by atoms with Crippen LogP contribution in [0, 0.1) is 11.8 Å². The highest BCUT2D eigenvalue weighted by atomic mass is 35.5.